The zero-order chi connectivity index (χ0) is 15.1. The molecule has 0 radical (unpaired) electrons. The molecule has 1 aromatic rings. The Bertz CT molecular complexity index is 465. The molecule has 0 saturated carbocycles. The highest BCUT2D eigenvalue weighted by molar-refractivity contribution is 5.82. The van der Waals surface area contributed by atoms with Crippen LogP contribution in [0.15, 0.2) is 18.2 Å². The molecular formula is C15H21NO4. The van der Waals surface area contributed by atoms with Crippen molar-refractivity contribution in [2.45, 2.75) is 20.8 Å². The summed E-state index contributed by atoms with van der Waals surface area (Å²) in [6, 6.07) is 5.76. The fourth-order valence-electron chi connectivity index (χ4n) is 1.76. The van der Waals surface area contributed by atoms with Crippen LogP contribution in [0, 0.1) is 13.8 Å². The molecule has 0 aliphatic rings. The van der Waals surface area contributed by atoms with E-state index in [1.807, 2.05) is 32.0 Å². The summed E-state index contributed by atoms with van der Waals surface area (Å²) < 4.78 is 10.2. The number of nitrogens with zero attached hydrogens (tertiary/aromatic N) is 1. The van der Waals surface area contributed by atoms with Crippen molar-refractivity contribution in [1.82, 2.24) is 4.90 Å². The summed E-state index contributed by atoms with van der Waals surface area (Å²) >= 11 is 0. The molecule has 5 nitrogen and oxygen atoms in total. The first kappa shape index (κ1) is 16.0. The first-order chi connectivity index (χ1) is 9.42. The Hall–Kier alpha value is -2.04. The standard InChI is InChI=1S/C15H21NO4/c1-5-19-15(18)9-16(4)14(17)10-20-13-7-11(2)6-12(3)8-13/h6-8H,5,9-10H2,1-4H3. The van der Waals surface area contributed by atoms with Crippen LogP contribution >= 0.6 is 0 Å². The SMILES string of the molecule is CCOC(=O)CN(C)C(=O)COc1cc(C)cc(C)c1. The summed E-state index contributed by atoms with van der Waals surface area (Å²) in [6.07, 6.45) is 0. The molecule has 0 N–H and O–H groups in total. The van der Waals surface area contributed by atoms with E-state index in [-0.39, 0.29) is 19.1 Å². The van der Waals surface area contributed by atoms with Gasteiger partial charge in [-0.1, -0.05) is 6.07 Å². The van der Waals surface area contributed by atoms with Crippen molar-refractivity contribution < 1.29 is 19.1 Å². The van der Waals surface area contributed by atoms with E-state index in [0.717, 1.165) is 11.1 Å². The van der Waals surface area contributed by atoms with Gasteiger partial charge in [-0.05, 0) is 44.0 Å². The Labute approximate surface area is 119 Å². The van der Waals surface area contributed by atoms with Gasteiger partial charge >= 0.3 is 5.97 Å². The quantitative estimate of drug-likeness (QED) is 0.744. The van der Waals surface area contributed by atoms with Crippen molar-refractivity contribution in [3.63, 3.8) is 0 Å². The molecule has 0 aromatic heterocycles. The Morgan fingerprint density at radius 3 is 2.30 bits per heavy atom. The van der Waals surface area contributed by atoms with E-state index in [9.17, 15) is 9.59 Å². The summed E-state index contributed by atoms with van der Waals surface area (Å²) in [5.74, 6) is -0.0349. The third kappa shape index (κ3) is 5.30. The summed E-state index contributed by atoms with van der Waals surface area (Å²) in [7, 11) is 1.55. The molecule has 0 saturated heterocycles. The molecule has 110 valence electrons. The van der Waals surface area contributed by atoms with Gasteiger partial charge in [0.05, 0.1) is 6.61 Å². The summed E-state index contributed by atoms with van der Waals surface area (Å²) in [6.45, 7) is 5.80. The number of carbonyl (C=O) groups is 2. The highest BCUT2D eigenvalue weighted by Gasteiger charge is 2.14. The first-order valence-corrected chi connectivity index (χ1v) is 6.53. The van der Waals surface area contributed by atoms with Gasteiger partial charge in [-0.2, -0.15) is 0 Å². The Morgan fingerprint density at radius 2 is 1.75 bits per heavy atom. The summed E-state index contributed by atoms with van der Waals surface area (Å²) in [5, 5.41) is 0. The van der Waals surface area contributed by atoms with Crippen LogP contribution in [0.4, 0.5) is 0 Å². The van der Waals surface area contributed by atoms with Gasteiger partial charge in [-0.3, -0.25) is 9.59 Å². The fraction of sp³-hybridized carbons (Fsp3) is 0.467. The number of benzene rings is 1. The molecule has 1 aromatic carbocycles. The maximum Gasteiger partial charge on any atom is 0.325 e. The molecule has 0 bridgehead atoms. The van der Waals surface area contributed by atoms with Crippen molar-refractivity contribution in [1.29, 1.82) is 0 Å². The third-order valence-electron chi connectivity index (χ3n) is 2.65. The second-order valence-corrected chi connectivity index (χ2v) is 4.67. The van der Waals surface area contributed by atoms with Gasteiger partial charge < -0.3 is 14.4 Å². The number of esters is 1. The minimum atomic E-state index is -0.422. The second kappa shape index (κ2) is 7.53. The van der Waals surface area contributed by atoms with E-state index in [0.29, 0.717) is 12.4 Å². The zero-order valence-corrected chi connectivity index (χ0v) is 12.4. The van der Waals surface area contributed by atoms with Crippen LogP contribution in [0.1, 0.15) is 18.1 Å². The van der Waals surface area contributed by atoms with Gasteiger partial charge in [-0.25, -0.2) is 0 Å². The molecule has 0 aliphatic carbocycles. The van der Waals surface area contributed by atoms with Crippen LogP contribution in [0.5, 0.6) is 5.75 Å². The number of aryl methyl sites for hydroxylation is 2. The van der Waals surface area contributed by atoms with Crippen LogP contribution in [-0.4, -0.2) is 43.6 Å². The number of rotatable bonds is 6. The van der Waals surface area contributed by atoms with E-state index in [4.69, 9.17) is 9.47 Å². The van der Waals surface area contributed by atoms with Crippen molar-refractivity contribution in [2.24, 2.45) is 0 Å². The predicted molar refractivity (Wildman–Crippen MR) is 75.7 cm³/mol. The van der Waals surface area contributed by atoms with Crippen molar-refractivity contribution in [3.8, 4) is 5.75 Å². The van der Waals surface area contributed by atoms with Crippen molar-refractivity contribution in [3.05, 3.63) is 29.3 Å². The fourth-order valence-corrected chi connectivity index (χ4v) is 1.76. The minimum absolute atomic E-state index is 0.0666. The van der Waals surface area contributed by atoms with Crippen molar-refractivity contribution >= 4 is 11.9 Å². The molecule has 0 unspecified atom stereocenters. The predicted octanol–water partition coefficient (Wildman–Crippen LogP) is 1.70. The molecule has 1 amide bonds. The Kier molecular flexibility index (Phi) is 6.03. The molecule has 20 heavy (non-hydrogen) atoms. The lowest BCUT2D eigenvalue weighted by Gasteiger charge is -2.16. The van der Waals surface area contributed by atoms with Gasteiger partial charge in [0, 0.05) is 7.05 Å². The van der Waals surface area contributed by atoms with E-state index < -0.39 is 5.97 Å². The van der Waals surface area contributed by atoms with E-state index >= 15 is 0 Å². The van der Waals surface area contributed by atoms with Crippen LogP contribution < -0.4 is 4.74 Å². The minimum Gasteiger partial charge on any atom is -0.484 e. The Morgan fingerprint density at radius 1 is 1.15 bits per heavy atom. The van der Waals surface area contributed by atoms with Gasteiger partial charge in [-0.15, -0.1) is 0 Å². The number of ether oxygens (including phenoxy) is 2. The zero-order valence-electron chi connectivity index (χ0n) is 12.4. The summed E-state index contributed by atoms with van der Waals surface area (Å²) in [4.78, 5) is 24.4. The average Bonchev–Trinajstić information content (AvgIpc) is 2.34. The second-order valence-electron chi connectivity index (χ2n) is 4.67. The highest BCUT2D eigenvalue weighted by atomic mass is 16.5. The van der Waals surface area contributed by atoms with Gasteiger partial charge in [0.15, 0.2) is 6.61 Å². The lowest BCUT2D eigenvalue weighted by Crippen LogP contribution is -2.36. The molecule has 0 atom stereocenters. The van der Waals surface area contributed by atoms with Crippen LogP contribution in [0.2, 0.25) is 0 Å². The maximum absolute atomic E-state index is 11.8. The molecule has 0 spiro atoms. The molecule has 0 heterocycles. The van der Waals surface area contributed by atoms with Gasteiger partial charge in [0.25, 0.3) is 5.91 Å². The van der Waals surface area contributed by atoms with E-state index in [1.165, 1.54) is 4.90 Å². The maximum atomic E-state index is 11.8. The molecule has 0 fully saturated rings. The van der Waals surface area contributed by atoms with Crippen molar-refractivity contribution in [2.75, 3.05) is 26.8 Å². The van der Waals surface area contributed by atoms with Gasteiger partial charge in [0.2, 0.25) is 0 Å². The molecular weight excluding hydrogens is 258 g/mol. The van der Waals surface area contributed by atoms with Crippen LogP contribution in [0.3, 0.4) is 0 Å². The topological polar surface area (TPSA) is 55.8 Å². The van der Waals surface area contributed by atoms with Crippen LogP contribution in [-0.2, 0) is 14.3 Å². The normalized spacial score (nSPS) is 10.0. The number of amides is 1. The highest BCUT2D eigenvalue weighted by Crippen LogP contribution is 2.16. The van der Waals surface area contributed by atoms with E-state index in [1.54, 1.807) is 14.0 Å². The number of hydrogen-bond donors (Lipinski definition) is 0. The number of carbonyl (C=O) groups excluding carboxylic acids is 2. The van der Waals surface area contributed by atoms with Crippen LogP contribution in [0.25, 0.3) is 0 Å². The number of hydrogen-bond acceptors (Lipinski definition) is 4. The summed E-state index contributed by atoms with van der Waals surface area (Å²) in [5.41, 5.74) is 2.15. The molecule has 0 aliphatic heterocycles. The average molecular weight is 279 g/mol. The number of likely N-dealkylation sites (N-methyl/N-ethyl adjacent to an activating group) is 1. The van der Waals surface area contributed by atoms with Gasteiger partial charge in [0.1, 0.15) is 12.3 Å². The lowest BCUT2D eigenvalue weighted by atomic mass is 10.1. The molecule has 5 heteroatoms. The first-order valence-electron chi connectivity index (χ1n) is 6.53. The lowest BCUT2D eigenvalue weighted by molar-refractivity contribution is -0.148. The smallest absolute Gasteiger partial charge is 0.325 e. The van der Waals surface area contributed by atoms with E-state index in [2.05, 4.69) is 0 Å². The third-order valence-corrected chi connectivity index (χ3v) is 2.65. The Balaban J connectivity index is 2.48. The monoisotopic (exact) mass is 279 g/mol. The largest absolute Gasteiger partial charge is 0.484 e. The molecule has 1 rings (SSSR count).